The van der Waals surface area contributed by atoms with Crippen LogP contribution in [-0.2, 0) is 4.79 Å². The van der Waals surface area contributed by atoms with Crippen molar-refractivity contribution >= 4 is 11.9 Å². The van der Waals surface area contributed by atoms with Gasteiger partial charge in [-0.15, -0.1) is 0 Å². The Morgan fingerprint density at radius 1 is 0.792 bits per heavy atom. The summed E-state index contributed by atoms with van der Waals surface area (Å²) in [4.78, 5) is 28.6. The number of nitrogens with one attached hydrogen (secondary N) is 2. The van der Waals surface area contributed by atoms with Crippen molar-refractivity contribution in [1.29, 1.82) is 0 Å². The van der Waals surface area contributed by atoms with E-state index in [2.05, 4.69) is 15.5 Å². The Bertz CT molecular complexity index is 475. The van der Waals surface area contributed by atoms with Crippen LogP contribution in [-0.4, -0.2) is 66.0 Å². The van der Waals surface area contributed by atoms with Gasteiger partial charge in [-0.05, 0) is 38.5 Å². The van der Waals surface area contributed by atoms with E-state index in [0.29, 0.717) is 19.1 Å². The number of carbonyl (C=O) groups is 2. The maximum atomic E-state index is 12.3. The first kappa shape index (κ1) is 16.2. The van der Waals surface area contributed by atoms with Crippen LogP contribution in [0.5, 0.6) is 0 Å². The summed E-state index contributed by atoms with van der Waals surface area (Å²) >= 11 is 0. The van der Waals surface area contributed by atoms with Gasteiger partial charge < -0.3 is 20.4 Å². The maximum absolute atomic E-state index is 12.3. The Balaban J connectivity index is 1.12. The minimum absolute atomic E-state index is 0.0474. The smallest absolute Gasteiger partial charge is 0.317 e. The summed E-state index contributed by atoms with van der Waals surface area (Å²) in [5, 5.41) is 6.25. The molecule has 0 unspecified atom stereocenters. The summed E-state index contributed by atoms with van der Waals surface area (Å²) in [6, 6.07) is 1.34. The molecule has 6 heteroatoms. The average Bonchev–Trinajstić information content (AvgIpc) is 2.40. The number of carbonyl (C=O) groups excluding carboxylic acids is 2. The lowest BCUT2D eigenvalue weighted by Gasteiger charge is -2.43. The molecule has 4 fully saturated rings. The summed E-state index contributed by atoms with van der Waals surface area (Å²) in [6.07, 6.45) is 9.48. The largest absolute Gasteiger partial charge is 0.350 e. The van der Waals surface area contributed by atoms with Gasteiger partial charge in [-0.1, -0.05) is 12.8 Å². The number of nitrogens with zero attached hydrogens (tertiary/aromatic N) is 2. The van der Waals surface area contributed by atoms with Gasteiger partial charge in [0.15, 0.2) is 0 Å². The highest BCUT2D eigenvalue weighted by Gasteiger charge is 2.36. The van der Waals surface area contributed by atoms with Crippen LogP contribution in [0.1, 0.15) is 51.4 Å². The molecule has 0 bridgehead atoms. The number of urea groups is 1. The number of hydrogen-bond acceptors (Lipinski definition) is 3. The normalized spacial score (nSPS) is 27.1. The summed E-state index contributed by atoms with van der Waals surface area (Å²) in [7, 11) is 0. The predicted octanol–water partition coefficient (Wildman–Crippen LogP) is 1.31. The van der Waals surface area contributed by atoms with E-state index in [1.807, 2.05) is 4.90 Å². The number of hydrogen-bond donors (Lipinski definition) is 2. The Labute approximate surface area is 144 Å². The lowest BCUT2D eigenvalue weighted by molar-refractivity contribution is -0.129. The lowest BCUT2D eigenvalue weighted by Crippen LogP contribution is -2.64. The van der Waals surface area contributed by atoms with Crippen molar-refractivity contribution in [2.24, 2.45) is 5.92 Å². The monoisotopic (exact) mass is 334 g/mol. The Morgan fingerprint density at radius 2 is 1.46 bits per heavy atom. The molecule has 4 aliphatic rings. The SMILES string of the molecule is O=C(NC1CN(C(=O)NC2CCN(C3CCC3)CC2)C1)C1CCC1. The minimum atomic E-state index is 0.0474. The molecule has 0 radical (unpaired) electrons. The van der Waals surface area contributed by atoms with Crippen LogP contribution in [0.15, 0.2) is 0 Å². The molecular weight excluding hydrogens is 304 g/mol. The lowest BCUT2D eigenvalue weighted by atomic mass is 9.84. The third-order valence-corrected chi connectivity index (χ3v) is 6.44. The number of likely N-dealkylation sites (tertiary alicyclic amines) is 2. The molecule has 6 nitrogen and oxygen atoms in total. The molecule has 2 saturated carbocycles. The minimum Gasteiger partial charge on any atom is -0.350 e. The Hall–Kier alpha value is -1.30. The molecule has 2 aliphatic carbocycles. The van der Waals surface area contributed by atoms with Gasteiger partial charge in [0.05, 0.1) is 6.04 Å². The van der Waals surface area contributed by atoms with E-state index < -0.39 is 0 Å². The van der Waals surface area contributed by atoms with Crippen LogP contribution in [0, 0.1) is 5.92 Å². The summed E-state index contributed by atoms with van der Waals surface area (Å²) in [5.41, 5.74) is 0. The molecule has 0 spiro atoms. The van der Waals surface area contributed by atoms with Crippen LogP contribution in [0.3, 0.4) is 0 Å². The molecule has 0 aromatic carbocycles. The fourth-order valence-corrected chi connectivity index (χ4v) is 4.15. The van der Waals surface area contributed by atoms with E-state index in [1.54, 1.807) is 0 Å². The Morgan fingerprint density at radius 3 is 2.00 bits per heavy atom. The highest BCUT2D eigenvalue weighted by Crippen LogP contribution is 2.28. The van der Waals surface area contributed by atoms with E-state index in [1.165, 1.54) is 25.7 Å². The van der Waals surface area contributed by atoms with Crippen molar-refractivity contribution in [2.75, 3.05) is 26.2 Å². The van der Waals surface area contributed by atoms with Gasteiger partial charge in [0, 0.05) is 44.2 Å². The first-order valence-electron chi connectivity index (χ1n) is 9.79. The summed E-state index contributed by atoms with van der Waals surface area (Å²) in [6.45, 7) is 3.56. The number of amides is 3. The van der Waals surface area contributed by atoms with Crippen molar-refractivity contribution in [3.63, 3.8) is 0 Å². The molecule has 0 atom stereocenters. The second-order valence-corrected chi connectivity index (χ2v) is 8.08. The zero-order valence-electron chi connectivity index (χ0n) is 14.5. The van der Waals surface area contributed by atoms with Gasteiger partial charge in [-0.25, -0.2) is 4.79 Å². The summed E-state index contributed by atoms with van der Waals surface area (Å²) < 4.78 is 0. The molecule has 3 amide bonds. The van der Waals surface area contributed by atoms with Gasteiger partial charge >= 0.3 is 6.03 Å². The fourth-order valence-electron chi connectivity index (χ4n) is 4.15. The quantitative estimate of drug-likeness (QED) is 0.815. The van der Waals surface area contributed by atoms with E-state index in [0.717, 1.165) is 44.8 Å². The first-order chi connectivity index (χ1) is 11.7. The van der Waals surface area contributed by atoms with Gasteiger partial charge in [-0.3, -0.25) is 4.79 Å². The highest BCUT2D eigenvalue weighted by molar-refractivity contribution is 5.80. The van der Waals surface area contributed by atoms with Crippen LogP contribution >= 0.6 is 0 Å². The first-order valence-corrected chi connectivity index (χ1v) is 9.79. The van der Waals surface area contributed by atoms with Crippen molar-refractivity contribution < 1.29 is 9.59 Å². The standard InChI is InChI=1S/C18H30N4O2/c23-17(13-3-1-4-13)19-15-11-22(12-15)18(24)20-14-7-9-21(10-8-14)16-5-2-6-16/h13-16H,1-12H2,(H,19,23)(H,20,24). The number of piperidine rings is 1. The third-order valence-electron chi connectivity index (χ3n) is 6.44. The van der Waals surface area contributed by atoms with Gasteiger partial charge in [0.1, 0.15) is 0 Å². The van der Waals surface area contributed by atoms with E-state index in [4.69, 9.17) is 0 Å². The highest BCUT2D eigenvalue weighted by atomic mass is 16.2. The van der Waals surface area contributed by atoms with Crippen molar-refractivity contribution in [3.05, 3.63) is 0 Å². The second kappa shape index (κ2) is 6.90. The van der Waals surface area contributed by atoms with E-state index >= 15 is 0 Å². The number of rotatable bonds is 4. The van der Waals surface area contributed by atoms with Crippen molar-refractivity contribution in [1.82, 2.24) is 20.4 Å². The van der Waals surface area contributed by atoms with Crippen LogP contribution < -0.4 is 10.6 Å². The molecule has 0 aromatic heterocycles. The van der Waals surface area contributed by atoms with Gasteiger partial charge in [0.2, 0.25) is 5.91 Å². The van der Waals surface area contributed by atoms with Gasteiger partial charge in [0.25, 0.3) is 0 Å². The van der Waals surface area contributed by atoms with Crippen molar-refractivity contribution in [2.45, 2.75) is 69.5 Å². The summed E-state index contributed by atoms with van der Waals surface area (Å²) in [5.74, 6) is 0.420. The topological polar surface area (TPSA) is 64.7 Å². The molecule has 0 aromatic rings. The van der Waals surface area contributed by atoms with Crippen molar-refractivity contribution in [3.8, 4) is 0 Å². The molecule has 4 rings (SSSR count). The Kier molecular flexibility index (Phi) is 4.66. The molecule has 24 heavy (non-hydrogen) atoms. The predicted molar refractivity (Wildman–Crippen MR) is 91.6 cm³/mol. The zero-order chi connectivity index (χ0) is 16.5. The third kappa shape index (κ3) is 3.39. The zero-order valence-corrected chi connectivity index (χ0v) is 14.5. The average molecular weight is 334 g/mol. The van der Waals surface area contributed by atoms with Crippen LogP contribution in [0.2, 0.25) is 0 Å². The fraction of sp³-hybridized carbons (Fsp3) is 0.889. The van der Waals surface area contributed by atoms with Gasteiger partial charge in [-0.2, -0.15) is 0 Å². The molecule has 2 N–H and O–H groups in total. The molecule has 2 heterocycles. The molecule has 134 valence electrons. The molecule has 2 aliphatic heterocycles. The maximum Gasteiger partial charge on any atom is 0.317 e. The van der Waals surface area contributed by atoms with E-state index in [9.17, 15) is 9.59 Å². The molecular formula is C18H30N4O2. The van der Waals surface area contributed by atoms with Crippen LogP contribution in [0.4, 0.5) is 4.79 Å². The second-order valence-electron chi connectivity index (χ2n) is 8.08. The van der Waals surface area contributed by atoms with Crippen LogP contribution in [0.25, 0.3) is 0 Å². The molecule has 2 saturated heterocycles. The van der Waals surface area contributed by atoms with E-state index in [-0.39, 0.29) is 23.9 Å².